The molecule has 2 heteroatoms. The van der Waals surface area contributed by atoms with Crippen molar-refractivity contribution in [3.05, 3.63) is 0 Å². The molecule has 2 nitrogen and oxygen atoms in total. The average molecular weight is 199 g/mol. The van der Waals surface area contributed by atoms with Crippen LogP contribution in [0.3, 0.4) is 0 Å². The molecular formula is C12H25NO. The fourth-order valence-corrected chi connectivity index (χ4v) is 2.35. The smallest absolute Gasteiger partial charge is 0.0719 e. The third-order valence-electron chi connectivity index (χ3n) is 3.78. The molecule has 1 rings (SSSR count). The molecule has 0 aliphatic heterocycles. The standard InChI is InChI=1S/C12H25NO/c1-4-10(13)11(14)9-5-7-12(2,3)8-6-9/h9-11,14H,4-8,13H2,1-3H3. The lowest BCUT2D eigenvalue weighted by atomic mass is 9.71. The Kier molecular flexibility index (Phi) is 3.96. The maximum absolute atomic E-state index is 9.99. The largest absolute Gasteiger partial charge is 0.391 e. The lowest BCUT2D eigenvalue weighted by Crippen LogP contribution is -2.41. The van der Waals surface area contributed by atoms with Gasteiger partial charge in [-0.2, -0.15) is 0 Å². The van der Waals surface area contributed by atoms with E-state index in [1.807, 2.05) is 6.92 Å². The summed E-state index contributed by atoms with van der Waals surface area (Å²) in [4.78, 5) is 0. The van der Waals surface area contributed by atoms with Gasteiger partial charge in [-0.25, -0.2) is 0 Å². The van der Waals surface area contributed by atoms with Gasteiger partial charge in [0.05, 0.1) is 6.10 Å². The van der Waals surface area contributed by atoms with Crippen molar-refractivity contribution in [3.63, 3.8) is 0 Å². The number of hydrogen-bond acceptors (Lipinski definition) is 2. The van der Waals surface area contributed by atoms with Crippen molar-refractivity contribution in [1.82, 2.24) is 0 Å². The molecule has 2 atom stereocenters. The maximum atomic E-state index is 9.99. The minimum atomic E-state index is -0.281. The summed E-state index contributed by atoms with van der Waals surface area (Å²) in [6.07, 6.45) is 5.33. The Morgan fingerprint density at radius 2 is 1.86 bits per heavy atom. The molecule has 0 aromatic rings. The molecule has 0 amide bonds. The first kappa shape index (κ1) is 12.0. The van der Waals surface area contributed by atoms with Crippen molar-refractivity contribution >= 4 is 0 Å². The molecule has 14 heavy (non-hydrogen) atoms. The van der Waals surface area contributed by atoms with Crippen LogP contribution in [0, 0.1) is 11.3 Å². The third-order valence-corrected chi connectivity index (χ3v) is 3.78. The second-order valence-corrected chi connectivity index (χ2v) is 5.56. The monoisotopic (exact) mass is 199 g/mol. The molecule has 0 aromatic carbocycles. The first-order valence-electron chi connectivity index (χ1n) is 5.90. The van der Waals surface area contributed by atoms with E-state index >= 15 is 0 Å². The molecule has 0 bridgehead atoms. The van der Waals surface area contributed by atoms with E-state index in [0.29, 0.717) is 11.3 Å². The Labute approximate surface area is 87.9 Å². The lowest BCUT2D eigenvalue weighted by Gasteiger charge is -2.37. The fraction of sp³-hybridized carbons (Fsp3) is 1.00. The van der Waals surface area contributed by atoms with Crippen molar-refractivity contribution in [2.24, 2.45) is 17.1 Å². The van der Waals surface area contributed by atoms with Gasteiger partial charge < -0.3 is 10.8 Å². The molecule has 84 valence electrons. The zero-order chi connectivity index (χ0) is 10.8. The van der Waals surface area contributed by atoms with Crippen molar-refractivity contribution in [2.45, 2.75) is 65.0 Å². The zero-order valence-electron chi connectivity index (χ0n) is 9.79. The van der Waals surface area contributed by atoms with Crippen molar-refractivity contribution in [1.29, 1.82) is 0 Å². The van der Waals surface area contributed by atoms with Crippen LogP contribution in [0.15, 0.2) is 0 Å². The van der Waals surface area contributed by atoms with Gasteiger partial charge in [0.1, 0.15) is 0 Å². The molecule has 0 spiro atoms. The molecule has 0 radical (unpaired) electrons. The summed E-state index contributed by atoms with van der Waals surface area (Å²) in [6, 6.07) is -0.0267. The number of nitrogens with two attached hydrogens (primary N) is 1. The van der Waals surface area contributed by atoms with Gasteiger partial charge >= 0.3 is 0 Å². The van der Waals surface area contributed by atoms with Crippen LogP contribution in [-0.4, -0.2) is 17.3 Å². The third kappa shape index (κ3) is 2.96. The Bertz CT molecular complexity index is 169. The minimum Gasteiger partial charge on any atom is -0.391 e. The van der Waals surface area contributed by atoms with Gasteiger partial charge in [0, 0.05) is 6.04 Å². The van der Waals surface area contributed by atoms with E-state index in [1.165, 1.54) is 12.8 Å². The van der Waals surface area contributed by atoms with Gasteiger partial charge in [-0.15, -0.1) is 0 Å². The summed E-state index contributed by atoms with van der Waals surface area (Å²) < 4.78 is 0. The van der Waals surface area contributed by atoms with E-state index in [0.717, 1.165) is 19.3 Å². The van der Waals surface area contributed by atoms with Gasteiger partial charge in [0.2, 0.25) is 0 Å². The highest BCUT2D eigenvalue weighted by atomic mass is 16.3. The van der Waals surface area contributed by atoms with E-state index in [1.54, 1.807) is 0 Å². The summed E-state index contributed by atoms with van der Waals surface area (Å²) in [5.41, 5.74) is 6.34. The van der Waals surface area contributed by atoms with Crippen LogP contribution in [0.1, 0.15) is 52.9 Å². The van der Waals surface area contributed by atoms with Crippen molar-refractivity contribution in [3.8, 4) is 0 Å². The molecule has 2 unspecified atom stereocenters. The van der Waals surface area contributed by atoms with Gasteiger partial charge in [0.15, 0.2) is 0 Å². The van der Waals surface area contributed by atoms with Gasteiger partial charge in [-0.3, -0.25) is 0 Å². The van der Waals surface area contributed by atoms with Crippen LogP contribution in [0.2, 0.25) is 0 Å². The Balaban J connectivity index is 2.41. The predicted octanol–water partition coefficient (Wildman–Crippen LogP) is 2.30. The average Bonchev–Trinajstić information content (AvgIpc) is 2.15. The second kappa shape index (κ2) is 4.63. The highest BCUT2D eigenvalue weighted by Crippen LogP contribution is 2.39. The molecule has 0 saturated heterocycles. The number of rotatable bonds is 3. The quantitative estimate of drug-likeness (QED) is 0.732. The SMILES string of the molecule is CCC(N)C(O)C1CCC(C)(C)CC1. The first-order chi connectivity index (χ1) is 6.46. The topological polar surface area (TPSA) is 46.2 Å². The summed E-state index contributed by atoms with van der Waals surface area (Å²) in [7, 11) is 0. The first-order valence-corrected chi connectivity index (χ1v) is 5.90. The summed E-state index contributed by atoms with van der Waals surface area (Å²) in [5.74, 6) is 0.443. The van der Waals surface area contributed by atoms with Gasteiger partial charge in [0.25, 0.3) is 0 Å². The number of aliphatic hydroxyl groups excluding tert-OH is 1. The van der Waals surface area contributed by atoms with E-state index in [2.05, 4.69) is 13.8 Å². The molecular weight excluding hydrogens is 174 g/mol. The fourth-order valence-electron chi connectivity index (χ4n) is 2.35. The zero-order valence-corrected chi connectivity index (χ0v) is 9.79. The maximum Gasteiger partial charge on any atom is 0.0719 e. The molecule has 1 aliphatic carbocycles. The Morgan fingerprint density at radius 3 is 2.29 bits per heavy atom. The molecule has 1 fully saturated rings. The molecule has 1 saturated carbocycles. The summed E-state index contributed by atoms with van der Waals surface area (Å²) in [6.45, 7) is 6.67. The van der Waals surface area contributed by atoms with Crippen molar-refractivity contribution < 1.29 is 5.11 Å². The van der Waals surface area contributed by atoms with Gasteiger partial charge in [-0.1, -0.05) is 20.8 Å². The molecule has 3 N–H and O–H groups in total. The number of hydrogen-bond donors (Lipinski definition) is 2. The molecule has 0 heterocycles. The highest BCUT2D eigenvalue weighted by Gasteiger charge is 2.32. The van der Waals surface area contributed by atoms with Crippen LogP contribution in [0.4, 0.5) is 0 Å². The summed E-state index contributed by atoms with van der Waals surface area (Å²) in [5, 5.41) is 9.99. The summed E-state index contributed by atoms with van der Waals surface area (Å²) >= 11 is 0. The molecule has 0 aromatic heterocycles. The normalized spacial score (nSPS) is 27.2. The van der Waals surface area contributed by atoms with Crippen LogP contribution in [0.25, 0.3) is 0 Å². The van der Waals surface area contributed by atoms with Crippen LogP contribution in [0.5, 0.6) is 0 Å². The van der Waals surface area contributed by atoms with Gasteiger partial charge in [-0.05, 0) is 43.4 Å². The van der Waals surface area contributed by atoms with Crippen molar-refractivity contribution in [2.75, 3.05) is 0 Å². The predicted molar refractivity (Wildman–Crippen MR) is 60.0 cm³/mol. The Morgan fingerprint density at radius 1 is 1.36 bits per heavy atom. The Hall–Kier alpha value is -0.0800. The van der Waals surface area contributed by atoms with Crippen LogP contribution in [-0.2, 0) is 0 Å². The van der Waals surface area contributed by atoms with E-state index in [9.17, 15) is 5.11 Å². The number of aliphatic hydroxyl groups is 1. The van der Waals surface area contributed by atoms with E-state index < -0.39 is 0 Å². The van der Waals surface area contributed by atoms with Crippen LogP contribution < -0.4 is 5.73 Å². The minimum absolute atomic E-state index is 0.0267. The lowest BCUT2D eigenvalue weighted by molar-refractivity contribution is 0.0386. The van der Waals surface area contributed by atoms with E-state index in [4.69, 9.17) is 5.73 Å². The second-order valence-electron chi connectivity index (χ2n) is 5.56. The molecule has 1 aliphatic rings. The van der Waals surface area contributed by atoms with E-state index in [-0.39, 0.29) is 12.1 Å². The highest BCUT2D eigenvalue weighted by molar-refractivity contribution is 4.85. The van der Waals surface area contributed by atoms with Crippen LogP contribution >= 0.6 is 0 Å².